The first-order chi connectivity index (χ1) is 13.6. The largest absolute Gasteiger partial charge is 0.493 e. The number of rotatable bonds is 7. The van der Waals surface area contributed by atoms with Crippen molar-refractivity contribution >= 4 is 11.2 Å². The van der Waals surface area contributed by atoms with E-state index in [2.05, 4.69) is 19.9 Å². The summed E-state index contributed by atoms with van der Waals surface area (Å²) in [5.41, 5.74) is 0.492. The van der Waals surface area contributed by atoms with Gasteiger partial charge in [0.05, 0.1) is 13.4 Å². The molecule has 0 bridgehead atoms. The first kappa shape index (κ1) is 18.5. The van der Waals surface area contributed by atoms with Gasteiger partial charge in [-0.2, -0.15) is 0 Å². The summed E-state index contributed by atoms with van der Waals surface area (Å²) >= 11 is 0. The van der Waals surface area contributed by atoms with E-state index in [1.165, 1.54) is 51.3 Å². The molecule has 7 nitrogen and oxygen atoms in total. The van der Waals surface area contributed by atoms with E-state index < -0.39 is 0 Å². The van der Waals surface area contributed by atoms with Crippen LogP contribution in [-0.2, 0) is 6.42 Å². The number of aromatic amines is 2. The SMILES string of the molecule is COc1cc(F)ccc1OC(Cc1nc2nc[nH]c(=O)c2[nH]1)CC1CCCC1. The number of aromatic nitrogens is 4. The Bertz CT molecular complexity index is 1010. The molecule has 1 saturated carbocycles. The molecule has 28 heavy (non-hydrogen) atoms. The monoisotopic (exact) mass is 386 g/mol. The van der Waals surface area contributed by atoms with Gasteiger partial charge in [-0.15, -0.1) is 0 Å². The van der Waals surface area contributed by atoms with Crippen molar-refractivity contribution in [1.29, 1.82) is 0 Å². The van der Waals surface area contributed by atoms with E-state index in [1.54, 1.807) is 6.07 Å². The van der Waals surface area contributed by atoms with E-state index in [-0.39, 0.29) is 17.5 Å². The van der Waals surface area contributed by atoms with Crippen LogP contribution in [0.3, 0.4) is 0 Å². The lowest BCUT2D eigenvalue weighted by molar-refractivity contribution is 0.160. The molecule has 4 rings (SSSR count). The Balaban J connectivity index is 1.59. The molecular weight excluding hydrogens is 363 g/mol. The quantitative estimate of drug-likeness (QED) is 0.649. The lowest BCUT2D eigenvalue weighted by Gasteiger charge is -2.22. The van der Waals surface area contributed by atoms with Crippen molar-refractivity contribution in [3.63, 3.8) is 0 Å². The fraction of sp³-hybridized carbons (Fsp3) is 0.450. The summed E-state index contributed by atoms with van der Waals surface area (Å²) in [6.07, 6.45) is 7.35. The maximum Gasteiger partial charge on any atom is 0.276 e. The van der Waals surface area contributed by atoms with Crippen LogP contribution in [-0.4, -0.2) is 33.1 Å². The van der Waals surface area contributed by atoms with Gasteiger partial charge in [-0.3, -0.25) is 4.79 Å². The Hall–Kier alpha value is -2.90. The number of halogens is 1. The Morgan fingerprint density at radius 2 is 2.11 bits per heavy atom. The molecule has 1 fully saturated rings. The average molecular weight is 386 g/mol. The third-order valence-corrected chi connectivity index (χ3v) is 5.25. The number of ether oxygens (including phenoxy) is 2. The number of fused-ring (bicyclic) bond motifs is 1. The van der Waals surface area contributed by atoms with Gasteiger partial charge in [0.25, 0.3) is 5.56 Å². The molecule has 3 aromatic rings. The molecule has 8 heteroatoms. The van der Waals surface area contributed by atoms with Crippen LogP contribution >= 0.6 is 0 Å². The zero-order valence-corrected chi connectivity index (χ0v) is 15.7. The van der Waals surface area contributed by atoms with E-state index in [0.29, 0.717) is 40.8 Å². The lowest BCUT2D eigenvalue weighted by atomic mass is 9.98. The molecule has 0 aliphatic heterocycles. The highest BCUT2D eigenvalue weighted by atomic mass is 19.1. The van der Waals surface area contributed by atoms with Crippen molar-refractivity contribution in [2.75, 3.05) is 7.11 Å². The third-order valence-electron chi connectivity index (χ3n) is 5.25. The van der Waals surface area contributed by atoms with Gasteiger partial charge in [0.15, 0.2) is 22.7 Å². The second kappa shape index (κ2) is 8.00. The van der Waals surface area contributed by atoms with E-state index in [0.717, 1.165) is 6.42 Å². The van der Waals surface area contributed by atoms with Gasteiger partial charge < -0.3 is 19.4 Å². The standard InChI is InChI=1S/C20H23FN4O3/c1-27-16-9-13(21)6-7-15(16)28-14(8-12-4-2-3-5-12)10-17-24-18-19(25-17)22-11-23-20(18)26/h6-7,9,11-12,14H,2-5,8,10H2,1H3,(H2,22,23,24,25,26). The highest BCUT2D eigenvalue weighted by Crippen LogP contribution is 2.33. The van der Waals surface area contributed by atoms with Crippen LogP contribution in [0.25, 0.3) is 11.2 Å². The number of hydrogen-bond acceptors (Lipinski definition) is 5. The van der Waals surface area contributed by atoms with Crippen LogP contribution in [0.15, 0.2) is 29.3 Å². The molecule has 2 aromatic heterocycles. The van der Waals surface area contributed by atoms with Gasteiger partial charge in [-0.1, -0.05) is 25.7 Å². The average Bonchev–Trinajstić information content (AvgIpc) is 3.33. The molecule has 0 saturated heterocycles. The summed E-state index contributed by atoms with van der Waals surface area (Å²) < 4.78 is 25.0. The number of methoxy groups -OCH3 is 1. The summed E-state index contributed by atoms with van der Waals surface area (Å²) in [6, 6.07) is 4.25. The Kier molecular flexibility index (Phi) is 5.27. The van der Waals surface area contributed by atoms with Gasteiger partial charge in [0.1, 0.15) is 17.7 Å². The maximum atomic E-state index is 13.5. The van der Waals surface area contributed by atoms with Crippen LogP contribution in [0.5, 0.6) is 11.5 Å². The molecule has 0 amide bonds. The fourth-order valence-electron chi connectivity index (χ4n) is 3.91. The predicted molar refractivity (Wildman–Crippen MR) is 102 cm³/mol. The molecule has 2 heterocycles. The molecule has 148 valence electrons. The molecule has 1 unspecified atom stereocenters. The minimum Gasteiger partial charge on any atom is -0.493 e. The summed E-state index contributed by atoms with van der Waals surface area (Å²) in [4.78, 5) is 26.0. The second-order valence-corrected chi connectivity index (χ2v) is 7.24. The predicted octanol–water partition coefficient (Wildman–Crippen LogP) is 3.36. The minimum atomic E-state index is -0.376. The number of hydrogen-bond donors (Lipinski definition) is 2. The third kappa shape index (κ3) is 4.00. The Morgan fingerprint density at radius 3 is 2.86 bits per heavy atom. The molecule has 1 aromatic carbocycles. The molecule has 0 radical (unpaired) electrons. The number of nitrogens with one attached hydrogen (secondary N) is 2. The van der Waals surface area contributed by atoms with Crippen LogP contribution in [0, 0.1) is 11.7 Å². The smallest absolute Gasteiger partial charge is 0.276 e. The number of nitrogens with zero attached hydrogens (tertiary/aromatic N) is 2. The summed E-state index contributed by atoms with van der Waals surface area (Å²) in [5.74, 6) is 1.71. The van der Waals surface area contributed by atoms with Crippen LogP contribution in [0.1, 0.15) is 37.9 Å². The van der Waals surface area contributed by atoms with Crippen molar-refractivity contribution in [3.8, 4) is 11.5 Å². The topological polar surface area (TPSA) is 92.9 Å². The van der Waals surface area contributed by atoms with Crippen molar-refractivity contribution in [3.05, 3.63) is 46.5 Å². The van der Waals surface area contributed by atoms with Crippen LogP contribution < -0.4 is 15.0 Å². The first-order valence-corrected chi connectivity index (χ1v) is 9.55. The van der Waals surface area contributed by atoms with Crippen molar-refractivity contribution < 1.29 is 13.9 Å². The molecule has 0 spiro atoms. The highest BCUT2D eigenvalue weighted by Gasteiger charge is 2.24. The maximum absolute atomic E-state index is 13.5. The normalized spacial score (nSPS) is 15.8. The number of benzene rings is 1. The van der Waals surface area contributed by atoms with E-state index in [4.69, 9.17) is 9.47 Å². The van der Waals surface area contributed by atoms with E-state index in [1.807, 2.05) is 0 Å². The molecule has 1 aliphatic rings. The van der Waals surface area contributed by atoms with Crippen LogP contribution in [0.4, 0.5) is 4.39 Å². The van der Waals surface area contributed by atoms with Crippen molar-refractivity contribution in [1.82, 2.24) is 19.9 Å². The Labute approximate surface area is 161 Å². The molecular formula is C20H23FN4O3. The summed E-state index contributed by atoms with van der Waals surface area (Å²) in [5, 5.41) is 0. The van der Waals surface area contributed by atoms with Gasteiger partial charge in [0, 0.05) is 12.5 Å². The fourth-order valence-corrected chi connectivity index (χ4v) is 3.91. The van der Waals surface area contributed by atoms with Gasteiger partial charge in [-0.25, -0.2) is 14.4 Å². The zero-order valence-electron chi connectivity index (χ0n) is 15.7. The summed E-state index contributed by atoms with van der Waals surface area (Å²) in [7, 11) is 1.49. The van der Waals surface area contributed by atoms with E-state index >= 15 is 0 Å². The number of imidazole rings is 1. The van der Waals surface area contributed by atoms with Gasteiger partial charge >= 0.3 is 0 Å². The second-order valence-electron chi connectivity index (χ2n) is 7.24. The molecule has 2 N–H and O–H groups in total. The van der Waals surface area contributed by atoms with Crippen LogP contribution in [0.2, 0.25) is 0 Å². The highest BCUT2D eigenvalue weighted by molar-refractivity contribution is 5.68. The Morgan fingerprint density at radius 1 is 1.29 bits per heavy atom. The van der Waals surface area contributed by atoms with E-state index in [9.17, 15) is 9.18 Å². The van der Waals surface area contributed by atoms with Crippen molar-refractivity contribution in [2.24, 2.45) is 5.92 Å². The minimum absolute atomic E-state index is 0.179. The van der Waals surface area contributed by atoms with Crippen molar-refractivity contribution in [2.45, 2.75) is 44.6 Å². The number of H-pyrrole nitrogens is 2. The zero-order chi connectivity index (χ0) is 19.5. The molecule has 1 aliphatic carbocycles. The van der Waals surface area contributed by atoms with Gasteiger partial charge in [0.2, 0.25) is 0 Å². The summed E-state index contributed by atoms with van der Waals surface area (Å²) in [6.45, 7) is 0. The first-order valence-electron chi connectivity index (χ1n) is 9.55. The molecule has 1 atom stereocenters. The van der Waals surface area contributed by atoms with Gasteiger partial charge in [-0.05, 0) is 24.5 Å². The lowest BCUT2D eigenvalue weighted by Crippen LogP contribution is -2.23.